The number of benzene rings is 2. The zero-order valence-corrected chi connectivity index (χ0v) is 14.1. The van der Waals surface area contributed by atoms with Crippen LogP contribution in [0.15, 0.2) is 53.4 Å². The number of hydrogen-bond acceptors (Lipinski definition) is 3. The van der Waals surface area contributed by atoms with E-state index in [1.807, 2.05) is 6.92 Å². The Labute approximate surface area is 140 Å². The molecule has 1 amide bonds. The second kappa shape index (κ2) is 7.48. The number of carbonyl (C=O) groups is 1. The van der Waals surface area contributed by atoms with E-state index in [1.54, 1.807) is 30.3 Å². The first-order valence-electron chi connectivity index (χ1n) is 7.09. The van der Waals surface area contributed by atoms with E-state index < -0.39 is 10.0 Å². The van der Waals surface area contributed by atoms with Gasteiger partial charge in [0.15, 0.2) is 0 Å². The first-order valence-corrected chi connectivity index (χ1v) is 8.96. The molecule has 0 fully saturated rings. The molecule has 0 unspecified atom stereocenters. The summed E-state index contributed by atoms with van der Waals surface area (Å²) in [6, 6.07) is 12.6. The van der Waals surface area contributed by atoms with Gasteiger partial charge in [-0.15, -0.1) is 0 Å². The molecule has 0 spiro atoms. The third-order valence-corrected chi connectivity index (χ3v) is 4.91. The van der Waals surface area contributed by atoms with Crippen LogP contribution in [0.3, 0.4) is 0 Å². The van der Waals surface area contributed by atoms with Crippen LogP contribution in [0.4, 0.5) is 5.69 Å². The number of para-hydroxylation sites is 1. The maximum atomic E-state index is 12.5. The third-order valence-electron chi connectivity index (χ3n) is 3.04. The molecule has 0 aliphatic carbocycles. The molecule has 2 aromatic rings. The Kier molecular flexibility index (Phi) is 5.63. The van der Waals surface area contributed by atoms with Gasteiger partial charge >= 0.3 is 0 Å². The molecule has 0 heterocycles. The van der Waals surface area contributed by atoms with E-state index in [2.05, 4.69) is 10.0 Å². The molecule has 2 N–H and O–H groups in total. The van der Waals surface area contributed by atoms with Gasteiger partial charge in [0.1, 0.15) is 4.90 Å². The Morgan fingerprint density at radius 2 is 1.83 bits per heavy atom. The molecule has 7 heteroatoms. The molecular weight excluding hydrogens is 336 g/mol. The third kappa shape index (κ3) is 4.46. The summed E-state index contributed by atoms with van der Waals surface area (Å²) in [5, 5.41) is 2.76. The summed E-state index contributed by atoms with van der Waals surface area (Å²) in [5.41, 5.74) is 0.667. The minimum absolute atomic E-state index is 0.0560. The molecule has 122 valence electrons. The van der Waals surface area contributed by atoms with Crippen LogP contribution in [0.2, 0.25) is 5.02 Å². The smallest absolute Gasteiger partial charge is 0.263 e. The minimum Gasteiger partial charge on any atom is -0.352 e. The number of carbonyl (C=O) groups excluding carboxylic acids is 1. The van der Waals surface area contributed by atoms with Crippen molar-refractivity contribution >= 4 is 33.2 Å². The van der Waals surface area contributed by atoms with Crippen molar-refractivity contribution in [2.24, 2.45) is 0 Å². The number of amides is 1. The molecule has 0 atom stereocenters. The Balaban J connectivity index is 2.32. The zero-order chi connectivity index (χ0) is 16.9. The summed E-state index contributed by atoms with van der Waals surface area (Å²) in [5.74, 6) is -0.334. The molecule has 5 nitrogen and oxygen atoms in total. The van der Waals surface area contributed by atoms with E-state index in [9.17, 15) is 13.2 Å². The monoisotopic (exact) mass is 352 g/mol. The van der Waals surface area contributed by atoms with Gasteiger partial charge in [0.05, 0.1) is 5.02 Å². The van der Waals surface area contributed by atoms with Crippen molar-refractivity contribution in [3.05, 3.63) is 59.1 Å². The number of sulfonamides is 1. The fraction of sp³-hybridized carbons (Fsp3) is 0.188. The lowest BCUT2D eigenvalue weighted by Gasteiger charge is -2.11. The summed E-state index contributed by atoms with van der Waals surface area (Å²) in [4.78, 5) is 11.9. The van der Waals surface area contributed by atoms with Crippen molar-refractivity contribution in [1.29, 1.82) is 0 Å². The normalized spacial score (nSPS) is 11.0. The summed E-state index contributed by atoms with van der Waals surface area (Å²) in [6.45, 7) is 2.45. The summed E-state index contributed by atoms with van der Waals surface area (Å²) in [7, 11) is -3.88. The number of nitrogens with one attached hydrogen (secondary N) is 2. The summed E-state index contributed by atoms with van der Waals surface area (Å²) in [6.07, 6.45) is 0.792. The largest absolute Gasteiger partial charge is 0.352 e. The molecule has 0 aromatic heterocycles. The standard InChI is InChI=1S/C16H17ClN2O3S/c1-2-10-18-16(20)12-8-9-14(17)15(11-12)23(21,22)19-13-6-4-3-5-7-13/h3-9,11,19H,2,10H2,1H3,(H,18,20). The van der Waals surface area contributed by atoms with Crippen molar-refractivity contribution in [1.82, 2.24) is 5.32 Å². The van der Waals surface area contributed by atoms with Crippen LogP contribution in [0.5, 0.6) is 0 Å². The molecule has 2 rings (SSSR count). The van der Waals surface area contributed by atoms with E-state index in [0.717, 1.165) is 6.42 Å². The van der Waals surface area contributed by atoms with Gasteiger partial charge in [-0.3, -0.25) is 9.52 Å². The van der Waals surface area contributed by atoms with E-state index >= 15 is 0 Å². The van der Waals surface area contributed by atoms with Crippen molar-refractivity contribution in [2.75, 3.05) is 11.3 Å². The fourth-order valence-corrected chi connectivity index (χ4v) is 3.49. The number of halogens is 1. The molecule has 0 aliphatic rings. The van der Waals surface area contributed by atoms with Crippen molar-refractivity contribution in [3.8, 4) is 0 Å². The highest BCUT2D eigenvalue weighted by atomic mass is 35.5. The van der Waals surface area contributed by atoms with Crippen molar-refractivity contribution in [2.45, 2.75) is 18.2 Å². The van der Waals surface area contributed by atoms with E-state index in [-0.39, 0.29) is 21.4 Å². The Hall–Kier alpha value is -2.05. The maximum absolute atomic E-state index is 12.5. The van der Waals surface area contributed by atoms with Crippen LogP contribution in [-0.4, -0.2) is 20.9 Å². The lowest BCUT2D eigenvalue weighted by Crippen LogP contribution is -2.24. The molecule has 0 saturated heterocycles. The Morgan fingerprint density at radius 1 is 1.13 bits per heavy atom. The van der Waals surface area contributed by atoms with E-state index in [0.29, 0.717) is 12.2 Å². The van der Waals surface area contributed by atoms with Crippen LogP contribution >= 0.6 is 11.6 Å². The molecule has 0 saturated carbocycles. The molecule has 0 bridgehead atoms. The number of anilines is 1. The van der Waals surface area contributed by atoms with Crippen LogP contribution in [0.25, 0.3) is 0 Å². The summed E-state index contributed by atoms with van der Waals surface area (Å²) < 4.78 is 27.4. The SMILES string of the molecule is CCCNC(=O)c1ccc(Cl)c(S(=O)(=O)Nc2ccccc2)c1. The maximum Gasteiger partial charge on any atom is 0.263 e. The lowest BCUT2D eigenvalue weighted by atomic mass is 10.2. The van der Waals surface area contributed by atoms with Crippen LogP contribution in [0.1, 0.15) is 23.7 Å². The van der Waals surface area contributed by atoms with E-state index in [4.69, 9.17) is 11.6 Å². The van der Waals surface area contributed by atoms with Gasteiger partial charge in [-0.1, -0.05) is 36.7 Å². The first-order chi connectivity index (χ1) is 10.9. The van der Waals surface area contributed by atoms with E-state index in [1.165, 1.54) is 18.2 Å². The minimum atomic E-state index is -3.88. The average molecular weight is 353 g/mol. The second-order valence-corrected chi connectivity index (χ2v) is 6.93. The van der Waals surface area contributed by atoms with Gasteiger partial charge in [-0.05, 0) is 36.8 Å². The first kappa shape index (κ1) is 17.3. The lowest BCUT2D eigenvalue weighted by molar-refractivity contribution is 0.0953. The predicted molar refractivity (Wildman–Crippen MR) is 91.3 cm³/mol. The van der Waals surface area contributed by atoms with Crippen molar-refractivity contribution in [3.63, 3.8) is 0 Å². The topological polar surface area (TPSA) is 75.3 Å². The quantitative estimate of drug-likeness (QED) is 0.837. The molecule has 0 radical (unpaired) electrons. The van der Waals surface area contributed by atoms with Gasteiger partial charge in [-0.2, -0.15) is 0 Å². The Morgan fingerprint density at radius 3 is 2.48 bits per heavy atom. The zero-order valence-electron chi connectivity index (χ0n) is 12.5. The molecule has 0 aliphatic heterocycles. The molecular formula is C16H17ClN2O3S. The molecule has 23 heavy (non-hydrogen) atoms. The number of hydrogen-bond donors (Lipinski definition) is 2. The highest BCUT2D eigenvalue weighted by Gasteiger charge is 2.20. The van der Waals surface area contributed by atoms with Gasteiger partial charge in [0.2, 0.25) is 0 Å². The van der Waals surface area contributed by atoms with Gasteiger partial charge in [0, 0.05) is 17.8 Å². The second-order valence-electron chi connectivity index (χ2n) is 4.87. The predicted octanol–water partition coefficient (Wildman–Crippen LogP) is 3.28. The van der Waals surface area contributed by atoms with Gasteiger partial charge in [0.25, 0.3) is 15.9 Å². The summed E-state index contributed by atoms with van der Waals surface area (Å²) >= 11 is 6.01. The van der Waals surface area contributed by atoms with Crippen LogP contribution in [0, 0.1) is 0 Å². The van der Waals surface area contributed by atoms with Gasteiger partial charge < -0.3 is 5.32 Å². The average Bonchev–Trinajstić information content (AvgIpc) is 2.53. The highest BCUT2D eigenvalue weighted by molar-refractivity contribution is 7.92. The highest BCUT2D eigenvalue weighted by Crippen LogP contribution is 2.25. The fourth-order valence-electron chi connectivity index (χ4n) is 1.91. The Bertz CT molecular complexity index is 792. The molecule has 2 aromatic carbocycles. The van der Waals surface area contributed by atoms with Crippen LogP contribution in [-0.2, 0) is 10.0 Å². The van der Waals surface area contributed by atoms with Crippen LogP contribution < -0.4 is 10.0 Å². The van der Waals surface area contributed by atoms with Gasteiger partial charge in [-0.25, -0.2) is 8.42 Å². The number of rotatable bonds is 6. The van der Waals surface area contributed by atoms with Crippen molar-refractivity contribution < 1.29 is 13.2 Å².